The number of rotatable bonds is 7. The summed E-state index contributed by atoms with van der Waals surface area (Å²) in [4.78, 5) is 23.2. The van der Waals surface area contributed by atoms with Gasteiger partial charge in [-0.25, -0.2) is 9.59 Å². The summed E-state index contributed by atoms with van der Waals surface area (Å²) in [6.45, 7) is 2.78. The van der Waals surface area contributed by atoms with E-state index in [9.17, 15) is 9.59 Å². The molecular formula is C20H26N2O3. The Hall–Kier alpha value is -2.56. The number of carbonyl (C=O) groups excluding carboxylic acids is 2. The molecule has 0 atom stereocenters. The molecule has 2 amide bonds. The number of allylic oxidation sites excluding steroid dienone is 1. The summed E-state index contributed by atoms with van der Waals surface area (Å²) in [5, 5.41) is 5.69. The van der Waals surface area contributed by atoms with E-state index in [-0.39, 0.29) is 12.0 Å². The van der Waals surface area contributed by atoms with Crippen LogP contribution in [0.3, 0.4) is 0 Å². The Morgan fingerprint density at radius 1 is 1.20 bits per heavy atom. The van der Waals surface area contributed by atoms with Gasteiger partial charge >= 0.3 is 12.0 Å². The van der Waals surface area contributed by atoms with E-state index >= 15 is 0 Å². The number of hydrogen-bond acceptors (Lipinski definition) is 3. The molecule has 0 aromatic heterocycles. The van der Waals surface area contributed by atoms with Crippen molar-refractivity contribution in [3.63, 3.8) is 0 Å². The highest BCUT2D eigenvalue weighted by Crippen LogP contribution is 2.19. The fraction of sp³-hybridized carbons (Fsp3) is 0.400. The lowest BCUT2D eigenvalue weighted by Gasteiger charge is -2.13. The molecule has 5 nitrogen and oxygen atoms in total. The van der Waals surface area contributed by atoms with Crippen LogP contribution in [0.1, 0.15) is 44.6 Å². The second-order valence-corrected chi connectivity index (χ2v) is 5.95. The molecule has 1 aromatic carbocycles. The first-order valence-corrected chi connectivity index (χ1v) is 8.85. The number of benzene rings is 1. The summed E-state index contributed by atoms with van der Waals surface area (Å²) >= 11 is 0. The van der Waals surface area contributed by atoms with Crippen LogP contribution in [0, 0.1) is 0 Å². The van der Waals surface area contributed by atoms with Crippen molar-refractivity contribution in [3.8, 4) is 0 Å². The highest BCUT2D eigenvalue weighted by Gasteiger charge is 2.05. The van der Waals surface area contributed by atoms with Crippen LogP contribution >= 0.6 is 0 Å². The van der Waals surface area contributed by atoms with Crippen molar-refractivity contribution >= 4 is 23.8 Å². The zero-order valence-electron chi connectivity index (χ0n) is 14.7. The lowest BCUT2D eigenvalue weighted by molar-refractivity contribution is -0.137. The number of hydrogen-bond donors (Lipinski definition) is 2. The molecule has 1 aromatic rings. The van der Waals surface area contributed by atoms with Gasteiger partial charge in [-0.2, -0.15) is 0 Å². The number of anilines is 1. The molecule has 0 heterocycles. The van der Waals surface area contributed by atoms with E-state index in [1.54, 1.807) is 25.1 Å². The Morgan fingerprint density at radius 3 is 2.68 bits per heavy atom. The zero-order chi connectivity index (χ0) is 17.9. The van der Waals surface area contributed by atoms with Crippen LogP contribution < -0.4 is 10.6 Å². The normalized spacial score (nSPS) is 14.0. The van der Waals surface area contributed by atoms with Crippen molar-refractivity contribution in [2.45, 2.75) is 39.0 Å². The Kier molecular flexibility index (Phi) is 7.76. The van der Waals surface area contributed by atoms with Gasteiger partial charge in [-0.1, -0.05) is 23.8 Å². The Morgan fingerprint density at radius 2 is 2.00 bits per heavy atom. The molecule has 134 valence electrons. The summed E-state index contributed by atoms with van der Waals surface area (Å²) in [6.07, 6.45) is 11.1. The summed E-state index contributed by atoms with van der Waals surface area (Å²) in [5.74, 6) is -0.364. The zero-order valence-corrected chi connectivity index (χ0v) is 14.7. The minimum atomic E-state index is -0.364. The molecule has 0 unspecified atom stereocenters. The van der Waals surface area contributed by atoms with Gasteiger partial charge in [0.1, 0.15) is 0 Å². The molecule has 5 heteroatoms. The number of ether oxygens (including phenoxy) is 1. The minimum Gasteiger partial charge on any atom is -0.463 e. The number of urea groups is 1. The minimum absolute atomic E-state index is 0.203. The van der Waals surface area contributed by atoms with Gasteiger partial charge in [0.15, 0.2) is 0 Å². The second kappa shape index (κ2) is 10.3. The summed E-state index contributed by atoms with van der Waals surface area (Å²) in [5.41, 5.74) is 3.02. The van der Waals surface area contributed by atoms with E-state index in [1.807, 2.05) is 12.1 Å². The molecule has 0 radical (unpaired) electrons. The number of esters is 1. The standard InChI is InChI=1S/C20H26N2O3/c1-2-25-19(23)13-10-17-8-11-18(12-9-17)22-20(24)21-15-14-16-6-4-3-5-7-16/h6,8-13H,2-5,7,14-15H2,1H3,(H2,21,22,24)/b13-10+. The van der Waals surface area contributed by atoms with E-state index in [0.29, 0.717) is 18.8 Å². The quantitative estimate of drug-likeness (QED) is 0.442. The Labute approximate surface area is 149 Å². The van der Waals surface area contributed by atoms with Crippen LogP contribution in [0.2, 0.25) is 0 Å². The first-order chi connectivity index (χ1) is 12.2. The van der Waals surface area contributed by atoms with E-state index in [2.05, 4.69) is 16.7 Å². The molecule has 2 rings (SSSR count). The maximum Gasteiger partial charge on any atom is 0.330 e. The highest BCUT2D eigenvalue weighted by molar-refractivity contribution is 5.90. The van der Waals surface area contributed by atoms with Crippen molar-refractivity contribution < 1.29 is 14.3 Å². The fourth-order valence-corrected chi connectivity index (χ4v) is 2.68. The highest BCUT2D eigenvalue weighted by atomic mass is 16.5. The summed E-state index contributed by atoms with van der Waals surface area (Å²) in [6, 6.07) is 7.06. The third-order valence-electron chi connectivity index (χ3n) is 3.98. The van der Waals surface area contributed by atoms with Gasteiger partial charge in [-0.3, -0.25) is 0 Å². The second-order valence-electron chi connectivity index (χ2n) is 5.95. The van der Waals surface area contributed by atoms with Crippen molar-refractivity contribution in [1.82, 2.24) is 5.32 Å². The van der Waals surface area contributed by atoms with E-state index in [1.165, 1.54) is 30.9 Å². The maximum atomic E-state index is 11.9. The van der Waals surface area contributed by atoms with Gasteiger partial charge in [0, 0.05) is 18.3 Å². The van der Waals surface area contributed by atoms with Crippen molar-refractivity contribution in [3.05, 3.63) is 47.6 Å². The smallest absolute Gasteiger partial charge is 0.330 e. The fourth-order valence-electron chi connectivity index (χ4n) is 2.68. The number of amides is 2. The SMILES string of the molecule is CCOC(=O)/C=C/c1ccc(NC(=O)NCCC2=CCCCC2)cc1. The first kappa shape index (κ1) is 18.8. The van der Waals surface area contributed by atoms with Gasteiger partial charge < -0.3 is 15.4 Å². The van der Waals surface area contributed by atoms with Gasteiger partial charge in [0.05, 0.1) is 6.61 Å². The third-order valence-corrected chi connectivity index (χ3v) is 3.98. The summed E-state index contributed by atoms with van der Waals surface area (Å²) < 4.78 is 4.83. The Balaban J connectivity index is 1.73. The van der Waals surface area contributed by atoms with Gasteiger partial charge in [-0.15, -0.1) is 0 Å². The topological polar surface area (TPSA) is 67.4 Å². The van der Waals surface area contributed by atoms with Crippen molar-refractivity contribution in [2.24, 2.45) is 0 Å². The van der Waals surface area contributed by atoms with Gasteiger partial charge in [0.25, 0.3) is 0 Å². The van der Waals surface area contributed by atoms with Crippen molar-refractivity contribution in [2.75, 3.05) is 18.5 Å². The lowest BCUT2D eigenvalue weighted by Crippen LogP contribution is -2.29. The molecule has 2 N–H and O–H groups in total. The molecule has 1 aliphatic rings. The average Bonchev–Trinajstić information content (AvgIpc) is 2.62. The summed E-state index contributed by atoms with van der Waals surface area (Å²) in [7, 11) is 0. The average molecular weight is 342 g/mol. The first-order valence-electron chi connectivity index (χ1n) is 8.85. The molecule has 0 bridgehead atoms. The maximum absolute atomic E-state index is 11.9. The molecule has 0 saturated carbocycles. The van der Waals surface area contributed by atoms with Crippen LogP contribution in [0.4, 0.5) is 10.5 Å². The molecule has 0 saturated heterocycles. The molecular weight excluding hydrogens is 316 g/mol. The monoisotopic (exact) mass is 342 g/mol. The predicted molar refractivity (Wildman–Crippen MR) is 100 cm³/mol. The molecule has 0 fully saturated rings. The van der Waals surface area contributed by atoms with Crippen LogP contribution in [0.25, 0.3) is 6.08 Å². The molecule has 0 aliphatic heterocycles. The van der Waals surface area contributed by atoms with Gasteiger partial charge in [0.2, 0.25) is 0 Å². The predicted octanol–water partition coefficient (Wildman–Crippen LogP) is 4.27. The van der Waals surface area contributed by atoms with Crippen LogP contribution in [-0.4, -0.2) is 25.2 Å². The largest absolute Gasteiger partial charge is 0.463 e. The molecule has 0 spiro atoms. The Bertz CT molecular complexity index is 633. The van der Waals surface area contributed by atoms with Crippen molar-refractivity contribution in [1.29, 1.82) is 0 Å². The number of nitrogens with one attached hydrogen (secondary N) is 2. The molecule has 25 heavy (non-hydrogen) atoms. The number of carbonyl (C=O) groups is 2. The lowest BCUT2D eigenvalue weighted by atomic mass is 9.97. The van der Waals surface area contributed by atoms with E-state index < -0.39 is 0 Å². The van der Waals surface area contributed by atoms with E-state index in [0.717, 1.165) is 18.4 Å². The third kappa shape index (κ3) is 7.25. The van der Waals surface area contributed by atoms with Gasteiger partial charge in [-0.05, 0) is 62.8 Å². The van der Waals surface area contributed by atoms with Crippen LogP contribution in [-0.2, 0) is 9.53 Å². The van der Waals surface area contributed by atoms with E-state index in [4.69, 9.17) is 4.74 Å². The van der Waals surface area contributed by atoms with Crippen LogP contribution in [0.15, 0.2) is 42.0 Å². The molecule has 1 aliphatic carbocycles. The van der Waals surface area contributed by atoms with Crippen LogP contribution in [0.5, 0.6) is 0 Å².